The Labute approximate surface area is 123 Å². The Morgan fingerprint density at radius 1 is 0.818 bits per heavy atom. The maximum atomic E-state index is 11.8. The van der Waals surface area contributed by atoms with Gasteiger partial charge < -0.3 is 30.4 Å². The average Bonchev–Trinajstić information content (AvgIpc) is 3.23. The number of ketones is 2. The van der Waals surface area contributed by atoms with Crippen LogP contribution in [-0.2, 0) is 0 Å². The van der Waals surface area contributed by atoms with Gasteiger partial charge in [0.1, 0.15) is 35.8 Å². The molecule has 6 N–H and O–H groups in total. The zero-order valence-corrected chi connectivity index (χ0v) is 11.1. The smallest absolute Gasteiger partial charge is 0.211 e. The SMILES string of the molecule is O=C(c1cnc[nH]1)C(O)C(O)C(O)C(O)C(=O)c1cnc[nH]1. The van der Waals surface area contributed by atoms with Gasteiger partial charge in [0.05, 0.1) is 25.0 Å². The Balaban J connectivity index is 2.06. The summed E-state index contributed by atoms with van der Waals surface area (Å²) in [6, 6.07) is 0. The van der Waals surface area contributed by atoms with Gasteiger partial charge in [0.25, 0.3) is 0 Å². The molecule has 4 atom stereocenters. The Hall–Kier alpha value is -2.40. The molecule has 2 aromatic rings. The first-order chi connectivity index (χ1) is 10.4. The van der Waals surface area contributed by atoms with Crippen molar-refractivity contribution in [3.05, 3.63) is 36.4 Å². The molecule has 0 bridgehead atoms. The van der Waals surface area contributed by atoms with E-state index in [0.29, 0.717) is 0 Å². The number of aromatic nitrogens is 4. The van der Waals surface area contributed by atoms with Gasteiger partial charge in [-0.25, -0.2) is 9.97 Å². The summed E-state index contributed by atoms with van der Waals surface area (Å²) in [5.41, 5.74) is -0.179. The Morgan fingerprint density at radius 3 is 1.45 bits per heavy atom. The van der Waals surface area contributed by atoms with E-state index in [2.05, 4.69) is 19.9 Å². The third-order valence-electron chi connectivity index (χ3n) is 3.06. The minimum absolute atomic E-state index is 0.0897. The number of Topliss-reactive ketones (excluding diaryl/α,β-unsaturated/α-hetero) is 2. The molecular formula is C12H14N4O6. The molecule has 0 saturated carbocycles. The van der Waals surface area contributed by atoms with Gasteiger partial charge in [-0.1, -0.05) is 0 Å². The Bertz CT molecular complexity index is 570. The van der Waals surface area contributed by atoms with Crippen molar-refractivity contribution in [2.24, 2.45) is 0 Å². The van der Waals surface area contributed by atoms with E-state index in [9.17, 15) is 30.0 Å². The zero-order valence-electron chi connectivity index (χ0n) is 11.1. The summed E-state index contributed by atoms with van der Waals surface area (Å²) in [5, 5.41) is 39.0. The summed E-state index contributed by atoms with van der Waals surface area (Å²) in [7, 11) is 0. The van der Waals surface area contributed by atoms with E-state index in [0.717, 1.165) is 12.4 Å². The molecule has 0 radical (unpaired) electrons. The second-order valence-corrected chi connectivity index (χ2v) is 4.53. The fourth-order valence-electron chi connectivity index (χ4n) is 1.78. The lowest BCUT2D eigenvalue weighted by Gasteiger charge is -2.24. The minimum Gasteiger partial charge on any atom is -0.387 e. The van der Waals surface area contributed by atoms with Gasteiger partial charge in [-0.2, -0.15) is 0 Å². The fourth-order valence-corrected chi connectivity index (χ4v) is 1.78. The van der Waals surface area contributed by atoms with Gasteiger partial charge in [-0.15, -0.1) is 0 Å². The number of aliphatic hydroxyl groups is 4. The molecule has 2 aromatic heterocycles. The molecule has 2 heterocycles. The van der Waals surface area contributed by atoms with E-state index in [1.165, 1.54) is 12.7 Å². The van der Waals surface area contributed by atoms with E-state index in [1.807, 2.05) is 0 Å². The van der Waals surface area contributed by atoms with Gasteiger partial charge in [0.15, 0.2) is 0 Å². The number of hydrogen-bond acceptors (Lipinski definition) is 8. The predicted molar refractivity (Wildman–Crippen MR) is 69.9 cm³/mol. The van der Waals surface area contributed by atoms with Gasteiger partial charge in [-0.3, -0.25) is 9.59 Å². The number of hydrogen-bond donors (Lipinski definition) is 6. The molecule has 4 unspecified atom stereocenters. The zero-order chi connectivity index (χ0) is 16.3. The summed E-state index contributed by atoms with van der Waals surface area (Å²) < 4.78 is 0. The molecule has 0 aromatic carbocycles. The maximum absolute atomic E-state index is 11.8. The molecular weight excluding hydrogens is 296 g/mol. The Kier molecular flexibility index (Phi) is 4.78. The van der Waals surface area contributed by atoms with Crippen LogP contribution in [-0.4, -0.2) is 76.3 Å². The normalized spacial score (nSPS) is 16.7. The number of aliphatic hydroxyl groups excluding tert-OH is 4. The molecule has 0 aliphatic rings. The lowest BCUT2D eigenvalue weighted by Crippen LogP contribution is -2.50. The molecule has 0 aliphatic heterocycles. The molecule has 0 amide bonds. The highest BCUT2D eigenvalue weighted by atomic mass is 16.4. The van der Waals surface area contributed by atoms with E-state index >= 15 is 0 Å². The molecule has 0 fully saturated rings. The van der Waals surface area contributed by atoms with E-state index < -0.39 is 36.0 Å². The van der Waals surface area contributed by atoms with Crippen LogP contribution < -0.4 is 0 Å². The number of nitrogens with zero attached hydrogens (tertiary/aromatic N) is 2. The van der Waals surface area contributed by atoms with Crippen molar-refractivity contribution in [3.63, 3.8) is 0 Å². The molecule has 22 heavy (non-hydrogen) atoms. The quantitative estimate of drug-likeness (QED) is 0.308. The second-order valence-electron chi connectivity index (χ2n) is 4.53. The van der Waals surface area contributed by atoms with Crippen LogP contribution in [0.5, 0.6) is 0 Å². The summed E-state index contributed by atoms with van der Waals surface area (Å²) in [6.45, 7) is 0. The molecule has 0 saturated heterocycles. The highest BCUT2D eigenvalue weighted by Gasteiger charge is 2.38. The van der Waals surface area contributed by atoms with Crippen LogP contribution in [0.25, 0.3) is 0 Å². The summed E-state index contributed by atoms with van der Waals surface area (Å²) in [4.78, 5) is 35.6. The first-order valence-corrected chi connectivity index (χ1v) is 6.21. The van der Waals surface area contributed by atoms with Gasteiger partial charge in [-0.05, 0) is 0 Å². The molecule has 0 spiro atoms. The minimum atomic E-state index is -2.07. The number of carbonyl (C=O) groups is 2. The van der Waals surface area contributed by atoms with E-state index in [1.54, 1.807) is 0 Å². The third kappa shape index (κ3) is 3.09. The standard InChI is InChI=1S/C12H14N4O6/c17-7(5-1-13-3-15-5)9(19)11(21)12(22)10(20)8(18)6-2-14-4-16-6/h1-4,9-12,19-22H,(H,13,15)(H,14,16). The molecule has 2 rings (SSSR count). The van der Waals surface area contributed by atoms with Crippen LogP contribution in [0.4, 0.5) is 0 Å². The monoisotopic (exact) mass is 310 g/mol. The molecule has 10 heteroatoms. The molecule has 10 nitrogen and oxygen atoms in total. The first-order valence-electron chi connectivity index (χ1n) is 6.21. The van der Waals surface area contributed by atoms with Gasteiger partial charge in [0.2, 0.25) is 11.6 Å². The van der Waals surface area contributed by atoms with Crippen molar-refractivity contribution in [1.82, 2.24) is 19.9 Å². The van der Waals surface area contributed by atoms with E-state index in [-0.39, 0.29) is 11.4 Å². The van der Waals surface area contributed by atoms with Crippen molar-refractivity contribution in [3.8, 4) is 0 Å². The average molecular weight is 310 g/mol. The number of imidazole rings is 2. The van der Waals surface area contributed by atoms with E-state index in [4.69, 9.17) is 0 Å². The fraction of sp³-hybridized carbons (Fsp3) is 0.333. The molecule has 0 aliphatic carbocycles. The lowest BCUT2D eigenvalue weighted by atomic mass is 9.96. The first kappa shape index (κ1) is 16.0. The number of nitrogens with one attached hydrogen (secondary N) is 2. The topological polar surface area (TPSA) is 172 Å². The molecule has 118 valence electrons. The van der Waals surface area contributed by atoms with Crippen molar-refractivity contribution < 1.29 is 30.0 Å². The number of carbonyl (C=O) groups excluding carboxylic acids is 2. The van der Waals surface area contributed by atoms with Gasteiger partial charge in [0, 0.05) is 0 Å². The second kappa shape index (κ2) is 6.58. The van der Waals surface area contributed by atoms with Crippen LogP contribution in [0.2, 0.25) is 0 Å². The number of aromatic amines is 2. The summed E-state index contributed by atoms with van der Waals surface area (Å²) >= 11 is 0. The van der Waals surface area contributed by atoms with Crippen LogP contribution >= 0.6 is 0 Å². The van der Waals surface area contributed by atoms with Crippen molar-refractivity contribution >= 4 is 11.6 Å². The van der Waals surface area contributed by atoms with Crippen LogP contribution in [0, 0.1) is 0 Å². The summed E-state index contributed by atoms with van der Waals surface area (Å²) in [5.74, 6) is -1.88. The van der Waals surface area contributed by atoms with Crippen molar-refractivity contribution in [2.45, 2.75) is 24.4 Å². The van der Waals surface area contributed by atoms with Crippen molar-refractivity contribution in [2.75, 3.05) is 0 Å². The lowest BCUT2D eigenvalue weighted by molar-refractivity contribution is -0.0844. The highest BCUT2D eigenvalue weighted by molar-refractivity contribution is 5.99. The maximum Gasteiger partial charge on any atom is 0.211 e. The van der Waals surface area contributed by atoms with Crippen molar-refractivity contribution in [1.29, 1.82) is 0 Å². The largest absolute Gasteiger partial charge is 0.387 e. The van der Waals surface area contributed by atoms with Crippen LogP contribution in [0.3, 0.4) is 0 Å². The number of H-pyrrole nitrogens is 2. The van der Waals surface area contributed by atoms with Gasteiger partial charge >= 0.3 is 0 Å². The van der Waals surface area contributed by atoms with Crippen LogP contribution in [0.15, 0.2) is 25.0 Å². The Morgan fingerprint density at radius 2 is 1.18 bits per heavy atom. The van der Waals surface area contributed by atoms with Crippen LogP contribution in [0.1, 0.15) is 21.0 Å². The highest BCUT2D eigenvalue weighted by Crippen LogP contribution is 2.12. The number of rotatable bonds is 7. The predicted octanol–water partition coefficient (Wildman–Crippen LogP) is -2.36. The third-order valence-corrected chi connectivity index (χ3v) is 3.06. The summed E-state index contributed by atoms with van der Waals surface area (Å²) in [6.07, 6.45) is -3.60.